The molecule has 2 N–H and O–H groups in total. The number of hydrogen-bond acceptors (Lipinski definition) is 3. The smallest absolute Gasteiger partial charge is 0.303 e. The topological polar surface area (TPSA) is 69.6 Å². The first-order valence-electron chi connectivity index (χ1n) is 10.1. The zero-order chi connectivity index (χ0) is 20.6. The van der Waals surface area contributed by atoms with Crippen molar-refractivity contribution in [2.24, 2.45) is 0 Å². The van der Waals surface area contributed by atoms with E-state index in [-0.39, 0.29) is 30.8 Å². The number of halogens is 1. The van der Waals surface area contributed by atoms with Gasteiger partial charge in [0.2, 0.25) is 5.91 Å². The number of piperidine rings is 1. The number of benzene rings is 2. The van der Waals surface area contributed by atoms with Gasteiger partial charge in [-0.25, -0.2) is 0 Å². The summed E-state index contributed by atoms with van der Waals surface area (Å²) >= 11 is 6.14. The number of hydrogen-bond donors (Lipinski definition) is 2. The molecule has 29 heavy (non-hydrogen) atoms. The molecule has 2 aromatic carbocycles. The summed E-state index contributed by atoms with van der Waals surface area (Å²) in [7, 11) is 0. The van der Waals surface area contributed by atoms with Crippen molar-refractivity contribution < 1.29 is 14.7 Å². The number of nitrogens with one attached hydrogen (secondary N) is 1. The van der Waals surface area contributed by atoms with Crippen molar-refractivity contribution in [3.63, 3.8) is 0 Å². The van der Waals surface area contributed by atoms with Crippen molar-refractivity contribution in [2.45, 2.75) is 50.6 Å². The van der Waals surface area contributed by atoms with Gasteiger partial charge in [0.15, 0.2) is 0 Å². The fourth-order valence-corrected chi connectivity index (χ4v) is 4.16. The van der Waals surface area contributed by atoms with Gasteiger partial charge in [0.1, 0.15) is 0 Å². The Kier molecular flexibility index (Phi) is 7.53. The van der Waals surface area contributed by atoms with E-state index in [2.05, 4.69) is 17.4 Å². The number of anilines is 1. The molecule has 1 fully saturated rings. The molecule has 5 nitrogen and oxygen atoms in total. The van der Waals surface area contributed by atoms with Gasteiger partial charge in [0.05, 0.1) is 6.04 Å². The molecular formula is C23H27ClN2O3. The third-order valence-corrected chi connectivity index (χ3v) is 5.58. The second kappa shape index (κ2) is 10.3. The molecular weight excluding hydrogens is 388 g/mol. The van der Waals surface area contributed by atoms with Crippen molar-refractivity contribution in [1.82, 2.24) is 4.90 Å². The molecule has 1 amide bonds. The summed E-state index contributed by atoms with van der Waals surface area (Å²) in [5.74, 6) is -0.831. The van der Waals surface area contributed by atoms with Crippen LogP contribution in [-0.2, 0) is 16.0 Å². The molecule has 1 heterocycles. The third kappa shape index (κ3) is 6.23. The van der Waals surface area contributed by atoms with Crippen LogP contribution in [0.4, 0.5) is 5.69 Å². The Morgan fingerprint density at radius 2 is 1.90 bits per heavy atom. The van der Waals surface area contributed by atoms with Gasteiger partial charge in [-0.15, -0.1) is 0 Å². The van der Waals surface area contributed by atoms with E-state index in [4.69, 9.17) is 16.7 Å². The van der Waals surface area contributed by atoms with Crippen LogP contribution in [0.2, 0.25) is 5.02 Å². The number of rotatable bonds is 8. The number of nitrogens with zero attached hydrogens (tertiary/aromatic N) is 1. The van der Waals surface area contributed by atoms with Crippen LogP contribution in [0, 0.1) is 0 Å². The quantitative estimate of drug-likeness (QED) is 0.661. The average molecular weight is 415 g/mol. The van der Waals surface area contributed by atoms with E-state index in [1.165, 1.54) is 5.56 Å². The summed E-state index contributed by atoms with van der Waals surface area (Å²) in [5.41, 5.74) is 2.13. The molecule has 1 aliphatic rings. The van der Waals surface area contributed by atoms with Crippen molar-refractivity contribution >= 4 is 29.2 Å². The molecule has 0 unspecified atom stereocenters. The van der Waals surface area contributed by atoms with Gasteiger partial charge in [-0.3, -0.25) is 9.59 Å². The number of carbonyl (C=O) groups is 2. The number of amides is 1. The monoisotopic (exact) mass is 414 g/mol. The van der Waals surface area contributed by atoms with E-state index in [0.717, 1.165) is 24.9 Å². The second-order valence-electron chi connectivity index (χ2n) is 7.49. The molecule has 3 rings (SSSR count). The Bertz CT molecular complexity index is 828. The van der Waals surface area contributed by atoms with Gasteiger partial charge in [-0.05, 0) is 49.4 Å². The molecule has 0 bridgehead atoms. The summed E-state index contributed by atoms with van der Waals surface area (Å²) in [6.07, 6.45) is 3.28. The Hall–Kier alpha value is -2.53. The fraction of sp³-hybridized carbons (Fsp3) is 0.391. The average Bonchev–Trinajstić information content (AvgIpc) is 2.70. The summed E-state index contributed by atoms with van der Waals surface area (Å²) in [6, 6.07) is 17.9. The van der Waals surface area contributed by atoms with Crippen LogP contribution in [0.15, 0.2) is 54.6 Å². The van der Waals surface area contributed by atoms with E-state index < -0.39 is 5.97 Å². The highest BCUT2D eigenvalue weighted by Crippen LogP contribution is 2.26. The summed E-state index contributed by atoms with van der Waals surface area (Å²) < 4.78 is 0. The SMILES string of the molecule is O=C(O)CCCC(=O)N1CCC[C@H](Nc2cccc(Cl)c2)[C@@H]1Cc1ccccc1. The second-order valence-corrected chi connectivity index (χ2v) is 7.93. The van der Waals surface area contributed by atoms with Crippen molar-refractivity contribution in [1.29, 1.82) is 0 Å². The van der Waals surface area contributed by atoms with Gasteiger partial charge in [0.25, 0.3) is 0 Å². The molecule has 0 aliphatic carbocycles. The van der Waals surface area contributed by atoms with Crippen molar-refractivity contribution in [2.75, 3.05) is 11.9 Å². The van der Waals surface area contributed by atoms with Crippen LogP contribution >= 0.6 is 11.6 Å². The Morgan fingerprint density at radius 3 is 2.62 bits per heavy atom. The third-order valence-electron chi connectivity index (χ3n) is 5.34. The maximum absolute atomic E-state index is 12.9. The lowest BCUT2D eigenvalue weighted by atomic mass is 9.90. The van der Waals surface area contributed by atoms with Crippen molar-refractivity contribution in [3.8, 4) is 0 Å². The Morgan fingerprint density at radius 1 is 1.10 bits per heavy atom. The van der Waals surface area contributed by atoms with Crippen LogP contribution in [-0.4, -0.2) is 40.5 Å². The summed E-state index contributed by atoms with van der Waals surface area (Å²) in [6.45, 7) is 0.705. The van der Waals surface area contributed by atoms with E-state index in [1.54, 1.807) is 0 Å². The van der Waals surface area contributed by atoms with Gasteiger partial charge >= 0.3 is 5.97 Å². The lowest BCUT2D eigenvalue weighted by molar-refractivity contribution is -0.138. The summed E-state index contributed by atoms with van der Waals surface area (Å²) in [4.78, 5) is 25.7. The van der Waals surface area contributed by atoms with Gasteiger partial charge in [-0.1, -0.05) is 48.0 Å². The van der Waals surface area contributed by atoms with Gasteiger partial charge in [-0.2, -0.15) is 0 Å². The normalized spacial score (nSPS) is 19.0. The van der Waals surface area contributed by atoms with E-state index in [1.807, 2.05) is 47.4 Å². The maximum atomic E-state index is 12.9. The van der Waals surface area contributed by atoms with Crippen molar-refractivity contribution in [3.05, 3.63) is 65.2 Å². The van der Waals surface area contributed by atoms with Crippen LogP contribution in [0.3, 0.4) is 0 Å². The highest BCUT2D eigenvalue weighted by Gasteiger charge is 2.34. The lowest BCUT2D eigenvalue weighted by Gasteiger charge is -2.42. The molecule has 2 atom stereocenters. The largest absolute Gasteiger partial charge is 0.481 e. The van der Waals surface area contributed by atoms with Crippen LogP contribution in [0.1, 0.15) is 37.7 Å². The van der Waals surface area contributed by atoms with Crippen LogP contribution < -0.4 is 5.32 Å². The molecule has 6 heteroatoms. The predicted octanol–water partition coefficient (Wildman–Crippen LogP) is 4.61. The first-order chi connectivity index (χ1) is 14.0. The zero-order valence-corrected chi connectivity index (χ0v) is 17.1. The molecule has 2 aromatic rings. The highest BCUT2D eigenvalue weighted by molar-refractivity contribution is 6.30. The first-order valence-corrected chi connectivity index (χ1v) is 10.5. The minimum atomic E-state index is -0.863. The number of carboxylic acids is 1. The number of aliphatic carboxylic acids is 1. The molecule has 1 aliphatic heterocycles. The molecule has 0 radical (unpaired) electrons. The molecule has 154 valence electrons. The standard InChI is InChI=1S/C23H27ClN2O3/c24-18-9-4-10-19(16-18)25-20-11-6-14-26(22(27)12-5-13-23(28)29)21(20)15-17-7-2-1-3-8-17/h1-4,7-10,16,20-21,25H,5-6,11-15H2,(H,28,29)/t20-,21-/m0/s1. The Balaban J connectivity index is 1.77. The van der Waals surface area contributed by atoms with Gasteiger partial charge in [0, 0.05) is 36.1 Å². The van der Waals surface area contributed by atoms with E-state index in [0.29, 0.717) is 18.0 Å². The molecule has 0 saturated carbocycles. The summed E-state index contributed by atoms with van der Waals surface area (Å²) in [5, 5.41) is 13.1. The number of likely N-dealkylation sites (tertiary alicyclic amines) is 1. The molecule has 0 aromatic heterocycles. The zero-order valence-electron chi connectivity index (χ0n) is 16.4. The van der Waals surface area contributed by atoms with Crippen LogP contribution in [0.25, 0.3) is 0 Å². The predicted molar refractivity (Wildman–Crippen MR) is 115 cm³/mol. The van der Waals surface area contributed by atoms with Gasteiger partial charge < -0.3 is 15.3 Å². The minimum Gasteiger partial charge on any atom is -0.481 e. The van der Waals surface area contributed by atoms with E-state index >= 15 is 0 Å². The molecule has 1 saturated heterocycles. The highest BCUT2D eigenvalue weighted by atomic mass is 35.5. The lowest BCUT2D eigenvalue weighted by Crippen LogP contribution is -2.54. The first kappa shape index (κ1) is 21.2. The van der Waals surface area contributed by atoms with E-state index in [9.17, 15) is 9.59 Å². The minimum absolute atomic E-state index is 0.00228. The number of carbonyl (C=O) groups excluding carboxylic acids is 1. The number of carboxylic acid groups (broad SMARTS) is 1. The Labute approximate surface area is 176 Å². The molecule has 0 spiro atoms. The van der Waals surface area contributed by atoms with Crippen LogP contribution in [0.5, 0.6) is 0 Å². The maximum Gasteiger partial charge on any atom is 0.303 e. The fourth-order valence-electron chi connectivity index (χ4n) is 3.97.